The number of aliphatic hydroxyl groups is 2. The van der Waals surface area contributed by atoms with Gasteiger partial charge in [-0.2, -0.15) is 0 Å². The third kappa shape index (κ3) is 2.96. The van der Waals surface area contributed by atoms with Gasteiger partial charge in [-0.1, -0.05) is 29.9 Å². The van der Waals surface area contributed by atoms with E-state index in [0.717, 1.165) is 11.1 Å². The van der Waals surface area contributed by atoms with E-state index in [1.54, 1.807) is 12.2 Å². The summed E-state index contributed by atoms with van der Waals surface area (Å²) in [6.07, 6.45) is 2.62. The van der Waals surface area contributed by atoms with Crippen LogP contribution in [0, 0.1) is 5.92 Å². The number of carbonyl (C=O) groups is 1. The number of rotatable bonds is 0. The van der Waals surface area contributed by atoms with Crippen LogP contribution in [-0.2, 0) is 9.53 Å². The van der Waals surface area contributed by atoms with Gasteiger partial charge < -0.3 is 14.9 Å². The Kier molecular flexibility index (Phi) is 3.92. The van der Waals surface area contributed by atoms with Crippen LogP contribution < -0.4 is 0 Å². The molecule has 0 bridgehead atoms. The molecule has 4 nitrogen and oxygen atoms in total. The maximum atomic E-state index is 11.6. The fourth-order valence-corrected chi connectivity index (χ4v) is 2.84. The van der Waals surface area contributed by atoms with E-state index in [9.17, 15) is 15.0 Å². The van der Waals surface area contributed by atoms with Gasteiger partial charge in [-0.05, 0) is 20.3 Å². The van der Waals surface area contributed by atoms with Crippen LogP contribution in [-0.4, -0.2) is 34.5 Å². The molecule has 104 valence electrons. The van der Waals surface area contributed by atoms with Gasteiger partial charge in [-0.15, -0.1) is 0 Å². The fraction of sp³-hybridized carbons (Fsp3) is 0.533. The highest BCUT2D eigenvalue weighted by molar-refractivity contribution is 5.91. The Morgan fingerprint density at radius 1 is 1.21 bits per heavy atom. The number of hydrogen-bond acceptors (Lipinski definition) is 4. The largest absolute Gasteiger partial charge is 0.458 e. The van der Waals surface area contributed by atoms with Gasteiger partial charge in [0, 0.05) is 12.0 Å². The lowest BCUT2D eigenvalue weighted by Gasteiger charge is -2.25. The number of carbonyl (C=O) groups excluding carboxylic acids is 1. The van der Waals surface area contributed by atoms with E-state index in [-0.39, 0.29) is 12.0 Å². The lowest BCUT2D eigenvalue weighted by molar-refractivity contribution is -0.139. The van der Waals surface area contributed by atoms with Crippen LogP contribution in [0.2, 0.25) is 0 Å². The van der Waals surface area contributed by atoms with Crippen LogP contribution in [0.15, 0.2) is 35.5 Å². The van der Waals surface area contributed by atoms with Crippen molar-refractivity contribution in [3.8, 4) is 0 Å². The summed E-state index contributed by atoms with van der Waals surface area (Å²) in [5.41, 5.74) is 2.17. The molecule has 0 spiro atoms. The summed E-state index contributed by atoms with van der Waals surface area (Å²) in [5, 5.41) is 20.1. The number of aliphatic hydroxyl groups excluding tert-OH is 2. The topological polar surface area (TPSA) is 66.8 Å². The predicted molar refractivity (Wildman–Crippen MR) is 71.3 cm³/mol. The van der Waals surface area contributed by atoms with Crippen molar-refractivity contribution in [3.63, 3.8) is 0 Å². The average molecular weight is 264 g/mol. The molecule has 1 fully saturated rings. The van der Waals surface area contributed by atoms with Gasteiger partial charge in [0.15, 0.2) is 0 Å². The normalized spacial score (nSPS) is 41.7. The summed E-state index contributed by atoms with van der Waals surface area (Å²) in [7, 11) is 0. The monoisotopic (exact) mass is 264 g/mol. The molecular formula is C15H20O4. The van der Waals surface area contributed by atoms with E-state index in [0.29, 0.717) is 18.4 Å². The van der Waals surface area contributed by atoms with E-state index in [1.807, 2.05) is 13.8 Å². The first kappa shape index (κ1) is 14.0. The van der Waals surface area contributed by atoms with Crippen molar-refractivity contribution in [2.75, 3.05) is 0 Å². The molecule has 0 aromatic rings. The maximum Gasteiger partial charge on any atom is 0.334 e. The van der Waals surface area contributed by atoms with Crippen molar-refractivity contribution < 1.29 is 19.7 Å². The zero-order valence-electron chi connectivity index (χ0n) is 11.3. The summed E-state index contributed by atoms with van der Waals surface area (Å²) in [4.78, 5) is 11.6. The number of ether oxygens (including phenoxy) is 1. The van der Waals surface area contributed by atoms with Gasteiger partial charge in [0.25, 0.3) is 0 Å². The zero-order valence-corrected chi connectivity index (χ0v) is 11.3. The highest BCUT2D eigenvalue weighted by Gasteiger charge is 2.42. The predicted octanol–water partition coefficient (Wildman–Crippen LogP) is 1.49. The molecule has 0 aromatic carbocycles. The lowest BCUT2D eigenvalue weighted by atomic mass is 9.84. The van der Waals surface area contributed by atoms with E-state index in [1.165, 1.54) is 0 Å². The summed E-state index contributed by atoms with van der Waals surface area (Å²) < 4.78 is 5.28. The SMILES string of the molecule is C=C1C(=O)O[C@H]2C/C(C)=C\[C@H](O)/C=C(/C)C[C@@H](O)[C@@H]12. The summed E-state index contributed by atoms with van der Waals surface area (Å²) in [6.45, 7) is 7.47. The molecule has 0 radical (unpaired) electrons. The molecule has 0 amide bonds. The van der Waals surface area contributed by atoms with Crippen molar-refractivity contribution in [2.24, 2.45) is 5.92 Å². The molecule has 0 saturated carbocycles. The van der Waals surface area contributed by atoms with Crippen molar-refractivity contribution in [3.05, 3.63) is 35.5 Å². The first-order valence-electron chi connectivity index (χ1n) is 6.49. The van der Waals surface area contributed by atoms with Crippen LogP contribution in [0.25, 0.3) is 0 Å². The van der Waals surface area contributed by atoms with E-state index in [2.05, 4.69) is 6.58 Å². The minimum absolute atomic E-state index is 0.347. The van der Waals surface area contributed by atoms with Gasteiger partial charge in [0.2, 0.25) is 0 Å². The fourth-order valence-electron chi connectivity index (χ4n) is 2.84. The first-order chi connectivity index (χ1) is 8.88. The Morgan fingerprint density at radius 3 is 2.42 bits per heavy atom. The third-order valence-corrected chi connectivity index (χ3v) is 3.70. The first-order valence-corrected chi connectivity index (χ1v) is 6.49. The highest BCUT2D eigenvalue weighted by Crippen LogP contribution is 2.35. The molecule has 2 rings (SSSR count). The Labute approximate surface area is 113 Å². The minimum Gasteiger partial charge on any atom is -0.458 e. The molecule has 4 heteroatoms. The Morgan fingerprint density at radius 2 is 1.79 bits per heavy atom. The molecule has 1 aliphatic heterocycles. The number of esters is 1. The second-order valence-corrected chi connectivity index (χ2v) is 5.49. The van der Waals surface area contributed by atoms with Crippen LogP contribution in [0.1, 0.15) is 26.7 Å². The molecule has 2 N–H and O–H groups in total. The lowest BCUT2D eigenvalue weighted by Crippen LogP contribution is -2.30. The Hall–Kier alpha value is -1.39. The molecular weight excluding hydrogens is 244 g/mol. The van der Waals surface area contributed by atoms with Crippen molar-refractivity contribution in [2.45, 2.75) is 45.0 Å². The third-order valence-electron chi connectivity index (χ3n) is 3.70. The molecule has 0 aromatic heterocycles. The molecule has 4 atom stereocenters. The smallest absolute Gasteiger partial charge is 0.334 e. The summed E-state index contributed by atoms with van der Waals surface area (Å²) >= 11 is 0. The van der Waals surface area contributed by atoms with E-state index < -0.39 is 18.2 Å². The molecule has 1 aliphatic carbocycles. The van der Waals surface area contributed by atoms with Crippen LogP contribution in [0.3, 0.4) is 0 Å². The van der Waals surface area contributed by atoms with Gasteiger partial charge >= 0.3 is 5.97 Å². The van der Waals surface area contributed by atoms with E-state index in [4.69, 9.17) is 4.74 Å². The standard InChI is InChI=1S/C15H20O4/c1-8-4-11(16)5-9(2)7-13-14(12(17)6-8)10(3)15(18)19-13/h4-5,11-14,16-17H,3,6-7H2,1-2H3/b8-4-,9-5-/t11-,12-,13+,14-/m1/s1. The Bertz CT molecular complexity index is 461. The highest BCUT2D eigenvalue weighted by atomic mass is 16.6. The molecule has 1 heterocycles. The van der Waals surface area contributed by atoms with Gasteiger partial charge in [0.1, 0.15) is 6.10 Å². The molecule has 2 aliphatic rings. The van der Waals surface area contributed by atoms with Gasteiger partial charge in [-0.25, -0.2) is 4.79 Å². The number of hydrogen-bond donors (Lipinski definition) is 2. The molecule has 19 heavy (non-hydrogen) atoms. The average Bonchev–Trinajstić information content (AvgIpc) is 2.52. The quantitative estimate of drug-likeness (QED) is 0.395. The van der Waals surface area contributed by atoms with Crippen molar-refractivity contribution in [1.82, 2.24) is 0 Å². The van der Waals surface area contributed by atoms with Crippen LogP contribution in [0.4, 0.5) is 0 Å². The molecule has 1 saturated heterocycles. The number of fused-ring (bicyclic) bond motifs is 1. The molecule has 0 unspecified atom stereocenters. The van der Waals surface area contributed by atoms with Crippen LogP contribution >= 0.6 is 0 Å². The summed E-state index contributed by atoms with van der Waals surface area (Å²) in [5.74, 6) is -0.794. The van der Waals surface area contributed by atoms with Crippen molar-refractivity contribution in [1.29, 1.82) is 0 Å². The van der Waals surface area contributed by atoms with Gasteiger partial charge in [0.05, 0.1) is 18.1 Å². The zero-order chi connectivity index (χ0) is 14.2. The van der Waals surface area contributed by atoms with Crippen LogP contribution in [0.5, 0.6) is 0 Å². The van der Waals surface area contributed by atoms with E-state index >= 15 is 0 Å². The van der Waals surface area contributed by atoms with Crippen molar-refractivity contribution >= 4 is 5.97 Å². The maximum absolute atomic E-state index is 11.6. The van der Waals surface area contributed by atoms with Gasteiger partial charge in [-0.3, -0.25) is 0 Å². The Balaban J connectivity index is 2.34. The second-order valence-electron chi connectivity index (χ2n) is 5.49. The minimum atomic E-state index is -0.710. The summed E-state index contributed by atoms with van der Waals surface area (Å²) in [6, 6.07) is 0. The second kappa shape index (κ2) is 5.31.